The molecule has 7 heteroatoms. The maximum atomic E-state index is 12.8. The second-order valence-electron chi connectivity index (χ2n) is 8.13. The van der Waals surface area contributed by atoms with E-state index in [4.69, 9.17) is 4.74 Å². The van der Waals surface area contributed by atoms with Crippen molar-refractivity contribution in [2.45, 2.75) is 39.3 Å². The lowest BCUT2D eigenvalue weighted by molar-refractivity contribution is 0.0858. The first-order chi connectivity index (χ1) is 15.5. The highest BCUT2D eigenvalue weighted by Crippen LogP contribution is 2.18. The van der Waals surface area contributed by atoms with Crippen LogP contribution in [0.1, 0.15) is 50.5 Å². The number of para-hydroxylation sites is 1. The number of carbonyl (C=O) groups is 2. The number of hydrogen-bond donors (Lipinski definition) is 2. The van der Waals surface area contributed by atoms with Gasteiger partial charge >= 0.3 is 0 Å². The zero-order valence-corrected chi connectivity index (χ0v) is 18.4. The number of rotatable bonds is 7. The molecule has 0 spiro atoms. The Balaban J connectivity index is 1.40. The van der Waals surface area contributed by atoms with Gasteiger partial charge in [-0.05, 0) is 62.6 Å². The maximum Gasteiger partial charge on any atom is 0.255 e. The lowest BCUT2D eigenvalue weighted by atomic mass is 10.1. The summed E-state index contributed by atoms with van der Waals surface area (Å²) in [6.07, 6.45) is 2.04. The minimum atomic E-state index is -0.262. The molecule has 2 amide bonds. The first-order valence-electron chi connectivity index (χ1n) is 10.9. The second kappa shape index (κ2) is 9.78. The number of amides is 2. The summed E-state index contributed by atoms with van der Waals surface area (Å²) < 4.78 is 7.50. The van der Waals surface area contributed by atoms with E-state index in [1.165, 1.54) is 0 Å². The van der Waals surface area contributed by atoms with Crippen molar-refractivity contribution in [1.82, 2.24) is 15.1 Å². The van der Waals surface area contributed by atoms with Crippen molar-refractivity contribution in [1.29, 1.82) is 0 Å². The van der Waals surface area contributed by atoms with Crippen molar-refractivity contribution in [2.24, 2.45) is 0 Å². The van der Waals surface area contributed by atoms with Crippen LogP contribution in [0.25, 0.3) is 0 Å². The van der Waals surface area contributed by atoms with Crippen molar-refractivity contribution in [3.05, 3.63) is 82.7 Å². The van der Waals surface area contributed by atoms with Crippen LogP contribution in [0.4, 0.5) is 5.69 Å². The average molecular weight is 433 g/mol. The van der Waals surface area contributed by atoms with Gasteiger partial charge in [0.15, 0.2) is 0 Å². The summed E-state index contributed by atoms with van der Waals surface area (Å²) in [6, 6.07) is 16.5. The normalized spacial score (nSPS) is 15.5. The molecule has 1 aromatic heterocycles. The van der Waals surface area contributed by atoms with Gasteiger partial charge in [0.25, 0.3) is 11.8 Å². The third kappa shape index (κ3) is 5.23. The van der Waals surface area contributed by atoms with Crippen LogP contribution in [-0.2, 0) is 11.3 Å². The van der Waals surface area contributed by atoms with E-state index in [0.29, 0.717) is 29.9 Å². The van der Waals surface area contributed by atoms with E-state index in [1.54, 1.807) is 36.4 Å². The third-order valence-corrected chi connectivity index (χ3v) is 5.59. The number of anilines is 1. The summed E-state index contributed by atoms with van der Waals surface area (Å²) in [5.41, 5.74) is 4.57. The largest absolute Gasteiger partial charge is 0.376 e. The van der Waals surface area contributed by atoms with E-state index < -0.39 is 0 Å². The highest BCUT2D eigenvalue weighted by atomic mass is 16.5. The molecule has 0 radical (unpaired) electrons. The molecule has 2 N–H and O–H groups in total. The molecule has 1 fully saturated rings. The Hall–Kier alpha value is -3.45. The van der Waals surface area contributed by atoms with Crippen molar-refractivity contribution < 1.29 is 14.3 Å². The highest BCUT2D eigenvalue weighted by Gasteiger charge is 2.18. The van der Waals surface area contributed by atoms with Crippen LogP contribution in [0.2, 0.25) is 0 Å². The summed E-state index contributed by atoms with van der Waals surface area (Å²) in [5.74, 6) is -0.487. The monoisotopic (exact) mass is 432 g/mol. The number of nitrogens with zero attached hydrogens (tertiary/aromatic N) is 2. The van der Waals surface area contributed by atoms with Crippen molar-refractivity contribution in [2.75, 3.05) is 18.5 Å². The molecule has 2 aromatic carbocycles. The van der Waals surface area contributed by atoms with Crippen LogP contribution < -0.4 is 10.6 Å². The van der Waals surface area contributed by atoms with Gasteiger partial charge in [-0.25, -0.2) is 0 Å². The van der Waals surface area contributed by atoms with Crippen LogP contribution in [-0.4, -0.2) is 40.9 Å². The smallest absolute Gasteiger partial charge is 0.255 e. The van der Waals surface area contributed by atoms with Gasteiger partial charge in [-0.15, -0.1) is 0 Å². The van der Waals surface area contributed by atoms with E-state index in [9.17, 15) is 9.59 Å². The summed E-state index contributed by atoms with van der Waals surface area (Å²) in [6.45, 7) is 5.86. The van der Waals surface area contributed by atoms with E-state index in [0.717, 1.165) is 36.4 Å². The van der Waals surface area contributed by atoms with Crippen molar-refractivity contribution in [3.8, 4) is 0 Å². The fraction of sp³-hybridized carbons (Fsp3) is 0.320. The van der Waals surface area contributed by atoms with Gasteiger partial charge in [-0.2, -0.15) is 5.10 Å². The Morgan fingerprint density at radius 2 is 1.88 bits per heavy atom. The van der Waals surface area contributed by atoms with Gasteiger partial charge in [0.2, 0.25) is 0 Å². The lowest BCUT2D eigenvalue weighted by Crippen LogP contribution is -2.32. The Morgan fingerprint density at radius 3 is 2.56 bits per heavy atom. The van der Waals surface area contributed by atoms with Crippen LogP contribution in [0.3, 0.4) is 0 Å². The summed E-state index contributed by atoms with van der Waals surface area (Å²) in [4.78, 5) is 25.5. The standard InChI is InChI=1S/C25H28N4O3/c1-17-14-18(2)29(28-17)16-19-9-11-20(12-10-19)24(30)27-23-8-4-3-7-22(23)25(31)26-15-21-6-5-13-32-21/h3-4,7-12,14,21H,5-6,13,15-16H2,1-2H3,(H,26,31)(H,27,30). The molecule has 0 bridgehead atoms. The molecule has 166 valence electrons. The van der Waals surface area contributed by atoms with E-state index in [1.807, 2.05) is 36.7 Å². The van der Waals surface area contributed by atoms with Crippen molar-refractivity contribution in [3.63, 3.8) is 0 Å². The minimum absolute atomic E-state index is 0.0636. The summed E-state index contributed by atoms with van der Waals surface area (Å²) >= 11 is 0. The quantitative estimate of drug-likeness (QED) is 0.596. The van der Waals surface area contributed by atoms with Gasteiger partial charge in [0, 0.05) is 24.4 Å². The number of aryl methyl sites for hydroxylation is 2. The van der Waals surface area contributed by atoms with Crippen LogP contribution in [0.15, 0.2) is 54.6 Å². The molecule has 32 heavy (non-hydrogen) atoms. The van der Waals surface area contributed by atoms with Crippen LogP contribution in [0.5, 0.6) is 0 Å². The zero-order valence-electron chi connectivity index (χ0n) is 18.4. The number of benzene rings is 2. The van der Waals surface area contributed by atoms with Gasteiger partial charge in [-0.3, -0.25) is 14.3 Å². The predicted octanol–water partition coefficient (Wildman–Crippen LogP) is 3.71. The molecule has 2 heterocycles. The van der Waals surface area contributed by atoms with Gasteiger partial charge in [0.1, 0.15) is 0 Å². The Bertz CT molecular complexity index is 1100. The number of hydrogen-bond acceptors (Lipinski definition) is 4. The third-order valence-electron chi connectivity index (χ3n) is 5.59. The molecule has 0 saturated carbocycles. The molecule has 1 aliphatic heterocycles. The lowest BCUT2D eigenvalue weighted by Gasteiger charge is -2.14. The molecule has 4 rings (SSSR count). The molecule has 0 aliphatic carbocycles. The molecular weight excluding hydrogens is 404 g/mol. The molecule has 1 aliphatic rings. The van der Waals surface area contributed by atoms with E-state index >= 15 is 0 Å². The Morgan fingerprint density at radius 1 is 1.09 bits per heavy atom. The summed E-state index contributed by atoms with van der Waals surface area (Å²) in [5, 5.41) is 10.3. The van der Waals surface area contributed by atoms with Crippen LogP contribution >= 0.6 is 0 Å². The highest BCUT2D eigenvalue weighted by molar-refractivity contribution is 6.09. The SMILES string of the molecule is Cc1cc(C)n(Cc2ccc(C(=O)Nc3ccccc3C(=O)NCC3CCCO3)cc2)n1. The predicted molar refractivity (Wildman–Crippen MR) is 123 cm³/mol. The number of ether oxygens (including phenoxy) is 1. The first kappa shape index (κ1) is 21.8. The zero-order chi connectivity index (χ0) is 22.5. The second-order valence-corrected chi connectivity index (χ2v) is 8.13. The fourth-order valence-corrected chi connectivity index (χ4v) is 3.86. The molecule has 1 unspecified atom stereocenters. The molecule has 1 saturated heterocycles. The minimum Gasteiger partial charge on any atom is -0.376 e. The fourth-order valence-electron chi connectivity index (χ4n) is 3.86. The first-order valence-corrected chi connectivity index (χ1v) is 10.9. The topological polar surface area (TPSA) is 85.2 Å². The Kier molecular flexibility index (Phi) is 6.66. The molecule has 3 aromatic rings. The number of nitrogens with one attached hydrogen (secondary N) is 2. The van der Waals surface area contributed by atoms with Gasteiger partial charge in [0.05, 0.1) is 29.6 Å². The molecule has 7 nitrogen and oxygen atoms in total. The van der Waals surface area contributed by atoms with Gasteiger partial charge in [-0.1, -0.05) is 24.3 Å². The number of carbonyl (C=O) groups excluding carboxylic acids is 2. The van der Waals surface area contributed by atoms with E-state index in [-0.39, 0.29) is 17.9 Å². The average Bonchev–Trinajstić information content (AvgIpc) is 3.42. The summed E-state index contributed by atoms with van der Waals surface area (Å²) in [7, 11) is 0. The molecular formula is C25H28N4O3. The Labute approximate surface area is 187 Å². The van der Waals surface area contributed by atoms with Gasteiger partial charge < -0.3 is 15.4 Å². The molecule has 1 atom stereocenters. The number of aromatic nitrogens is 2. The van der Waals surface area contributed by atoms with Crippen LogP contribution in [0, 0.1) is 13.8 Å². The van der Waals surface area contributed by atoms with E-state index in [2.05, 4.69) is 15.7 Å². The maximum absolute atomic E-state index is 12.8. The van der Waals surface area contributed by atoms with Crippen molar-refractivity contribution >= 4 is 17.5 Å².